The maximum atomic E-state index is 13.6. The van der Waals surface area contributed by atoms with Crippen molar-refractivity contribution in [1.29, 1.82) is 0 Å². The van der Waals surface area contributed by atoms with Gasteiger partial charge in [0.2, 0.25) is 21.8 Å². The van der Waals surface area contributed by atoms with E-state index in [1.165, 1.54) is 25.2 Å². The number of ether oxygens (including phenoxy) is 2. The molecular formula is C26H37N3O6S. The number of anilines is 1. The van der Waals surface area contributed by atoms with Crippen LogP contribution in [0.25, 0.3) is 0 Å². The largest absolute Gasteiger partial charge is 0.493 e. The molecule has 2 aromatic carbocycles. The summed E-state index contributed by atoms with van der Waals surface area (Å²) >= 11 is 0. The number of benzene rings is 2. The fourth-order valence-corrected chi connectivity index (χ4v) is 4.52. The Morgan fingerprint density at radius 3 is 2.31 bits per heavy atom. The van der Waals surface area contributed by atoms with Crippen molar-refractivity contribution in [2.75, 3.05) is 37.9 Å². The monoisotopic (exact) mass is 519 g/mol. The Kier molecular flexibility index (Phi) is 10.6. The van der Waals surface area contributed by atoms with Crippen LogP contribution in [0.4, 0.5) is 5.69 Å². The lowest BCUT2D eigenvalue weighted by molar-refractivity contribution is -0.139. The highest BCUT2D eigenvalue weighted by atomic mass is 32.2. The van der Waals surface area contributed by atoms with Crippen LogP contribution in [0.1, 0.15) is 37.8 Å². The van der Waals surface area contributed by atoms with Crippen LogP contribution < -0.4 is 19.1 Å². The summed E-state index contributed by atoms with van der Waals surface area (Å²) in [4.78, 5) is 27.9. The number of rotatable bonds is 13. The van der Waals surface area contributed by atoms with Gasteiger partial charge in [-0.05, 0) is 43.5 Å². The average molecular weight is 520 g/mol. The minimum atomic E-state index is -3.85. The minimum absolute atomic E-state index is 0.164. The Morgan fingerprint density at radius 2 is 1.72 bits per heavy atom. The van der Waals surface area contributed by atoms with E-state index in [0.29, 0.717) is 18.0 Å². The molecule has 2 aromatic rings. The fourth-order valence-electron chi connectivity index (χ4n) is 3.68. The third-order valence-electron chi connectivity index (χ3n) is 5.93. The van der Waals surface area contributed by atoms with Crippen molar-refractivity contribution in [2.45, 2.75) is 46.2 Å². The predicted octanol–water partition coefficient (Wildman–Crippen LogP) is 3.11. The third kappa shape index (κ3) is 7.61. The van der Waals surface area contributed by atoms with Gasteiger partial charge in [0.15, 0.2) is 11.5 Å². The lowest BCUT2D eigenvalue weighted by atomic mass is 10.1. The third-order valence-corrected chi connectivity index (χ3v) is 7.07. The maximum Gasteiger partial charge on any atom is 0.244 e. The van der Waals surface area contributed by atoms with Gasteiger partial charge in [-0.25, -0.2) is 8.42 Å². The number of unbranched alkanes of at least 4 members (excludes halogenated alkanes) is 1. The lowest BCUT2D eigenvalue weighted by Gasteiger charge is -2.32. The number of hydrogen-bond acceptors (Lipinski definition) is 6. The average Bonchev–Trinajstić information content (AvgIpc) is 2.85. The summed E-state index contributed by atoms with van der Waals surface area (Å²) in [5.41, 5.74) is 2.09. The van der Waals surface area contributed by atoms with E-state index in [1.54, 1.807) is 19.1 Å². The summed E-state index contributed by atoms with van der Waals surface area (Å²) in [5, 5.41) is 2.87. The van der Waals surface area contributed by atoms with Gasteiger partial charge in [0.25, 0.3) is 0 Å². The molecule has 1 atom stereocenters. The van der Waals surface area contributed by atoms with Gasteiger partial charge in [-0.1, -0.05) is 37.6 Å². The highest BCUT2D eigenvalue weighted by molar-refractivity contribution is 7.92. The molecule has 198 valence electrons. The molecule has 0 aliphatic heterocycles. The van der Waals surface area contributed by atoms with Crippen LogP contribution >= 0.6 is 0 Å². The molecule has 0 spiro atoms. The van der Waals surface area contributed by atoms with Crippen LogP contribution in [-0.4, -0.2) is 64.7 Å². The van der Waals surface area contributed by atoms with Gasteiger partial charge in [-0.15, -0.1) is 0 Å². The number of carbonyl (C=O) groups excluding carboxylic acids is 2. The second-order valence-corrected chi connectivity index (χ2v) is 10.5. The van der Waals surface area contributed by atoms with E-state index in [-0.39, 0.29) is 18.1 Å². The molecule has 1 unspecified atom stereocenters. The Bertz CT molecular complexity index is 1150. The van der Waals surface area contributed by atoms with Gasteiger partial charge < -0.3 is 19.7 Å². The van der Waals surface area contributed by atoms with E-state index < -0.39 is 28.5 Å². The molecule has 1 N–H and O–H groups in total. The Balaban J connectivity index is 2.41. The molecular weight excluding hydrogens is 482 g/mol. The van der Waals surface area contributed by atoms with Crippen molar-refractivity contribution in [3.8, 4) is 11.5 Å². The van der Waals surface area contributed by atoms with Crippen molar-refractivity contribution in [2.24, 2.45) is 0 Å². The van der Waals surface area contributed by atoms with Gasteiger partial charge in [0.1, 0.15) is 12.6 Å². The van der Waals surface area contributed by atoms with Crippen molar-refractivity contribution < 1.29 is 27.5 Å². The highest BCUT2D eigenvalue weighted by Crippen LogP contribution is 2.32. The Hall–Kier alpha value is -3.27. The van der Waals surface area contributed by atoms with Gasteiger partial charge in [0.05, 0.1) is 26.2 Å². The molecule has 2 amide bonds. The molecule has 0 fully saturated rings. The van der Waals surface area contributed by atoms with Gasteiger partial charge in [-0.3, -0.25) is 13.9 Å². The Morgan fingerprint density at radius 1 is 1.06 bits per heavy atom. The van der Waals surface area contributed by atoms with E-state index in [0.717, 1.165) is 34.5 Å². The standard InChI is InChI=1S/C26H37N3O6S/c1-7-8-15-27-26(31)20(3)28(17-21-12-10-9-11-19(21)2)25(30)18-29(36(6,32)33)22-13-14-23(34-4)24(16-22)35-5/h9-14,16,20H,7-8,15,17-18H2,1-6H3,(H,27,31). The van der Waals surface area contributed by atoms with Gasteiger partial charge in [-0.2, -0.15) is 0 Å². The molecule has 0 heterocycles. The number of amides is 2. The van der Waals surface area contributed by atoms with Crippen molar-refractivity contribution in [3.63, 3.8) is 0 Å². The normalized spacial score (nSPS) is 11.9. The van der Waals surface area contributed by atoms with Crippen molar-refractivity contribution >= 4 is 27.5 Å². The number of sulfonamides is 1. The summed E-state index contributed by atoms with van der Waals surface area (Å²) in [7, 11) is -0.924. The van der Waals surface area contributed by atoms with E-state index in [9.17, 15) is 18.0 Å². The maximum absolute atomic E-state index is 13.6. The second-order valence-electron chi connectivity index (χ2n) is 8.58. The van der Waals surface area contributed by atoms with Crippen LogP contribution in [-0.2, 0) is 26.2 Å². The summed E-state index contributed by atoms with van der Waals surface area (Å²) in [5.74, 6) is -0.0323. The van der Waals surface area contributed by atoms with Crippen LogP contribution in [0, 0.1) is 6.92 Å². The van der Waals surface area contributed by atoms with Gasteiger partial charge in [0, 0.05) is 19.2 Å². The molecule has 0 saturated carbocycles. The number of nitrogens with one attached hydrogen (secondary N) is 1. The first-order valence-corrected chi connectivity index (χ1v) is 13.7. The highest BCUT2D eigenvalue weighted by Gasteiger charge is 2.30. The summed E-state index contributed by atoms with van der Waals surface area (Å²) in [6.07, 6.45) is 2.78. The van der Waals surface area contributed by atoms with Crippen LogP contribution in [0.15, 0.2) is 42.5 Å². The topological polar surface area (TPSA) is 105 Å². The van der Waals surface area contributed by atoms with Crippen LogP contribution in [0.3, 0.4) is 0 Å². The van der Waals surface area contributed by atoms with Crippen LogP contribution in [0.5, 0.6) is 11.5 Å². The molecule has 9 nitrogen and oxygen atoms in total. The van der Waals surface area contributed by atoms with E-state index in [2.05, 4.69) is 5.32 Å². The molecule has 0 aliphatic carbocycles. The molecule has 10 heteroatoms. The summed E-state index contributed by atoms with van der Waals surface area (Å²) < 4.78 is 37.0. The summed E-state index contributed by atoms with van der Waals surface area (Å²) in [6.45, 7) is 5.80. The lowest BCUT2D eigenvalue weighted by Crippen LogP contribution is -2.51. The molecule has 36 heavy (non-hydrogen) atoms. The predicted molar refractivity (Wildman–Crippen MR) is 141 cm³/mol. The second kappa shape index (κ2) is 13.2. The number of methoxy groups -OCH3 is 2. The molecule has 0 radical (unpaired) electrons. The zero-order chi connectivity index (χ0) is 26.9. The number of nitrogens with zero attached hydrogens (tertiary/aromatic N) is 2. The SMILES string of the molecule is CCCCNC(=O)C(C)N(Cc1ccccc1C)C(=O)CN(c1ccc(OC)c(OC)c1)S(C)(=O)=O. The minimum Gasteiger partial charge on any atom is -0.493 e. The first-order valence-electron chi connectivity index (χ1n) is 11.8. The van der Waals surface area contributed by atoms with Crippen molar-refractivity contribution in [1.82, 2.24) is 10.2 Å². The number of hydrogen-bond donors (Lipinski definition) is 1. The first kappa shape index (κ1) is 29.0. The van der Waals surface area contributed by atoms with E-state index >= 15 is 0 Å². The van der Waals surface area contributed by atoms with Crippen LogP contribution in [0.2, 0.25) is 0 Å². The molecule has 0 bridgehead atoms. The Labute approximate surface area is 214 Å². The number of carbonyl (C=O) groups is 2. The molecule has 0 saturated heterocycles. The molecule has 0 aromatic heterocycles. The molecule has 2 rings (SSSR count). The fraction of sp³-hybridized carbons (Fsp3) is 0.462. The first-order chi connectivity index (χ1) is 17.0. The molecule has 0 aliphatic rings. The van der Waals surface area contributed by atoms with Gasteiger partial charge >= 0.3 is 0 Å². The zero-order valence-corrected chi connectivity index (χ0v) is 22.7. The quantitative estimate of drug-likeness (QED) is 0.408. The summed E-state index contributed by atoms with van der Waals surface area (Å²) in [6, 6.07) is 11.4. The van der Waals surface area contributed by atoms with Crippen molar-refractivity contribution in [3.05, 3.63) is 53.6 Å². The van der Waals surface area contributed by atoms with E-state index in [1.807, 2.05) is 38.1 Å². The number of aryl methyl sites for hydroxylation is 1. The zero-order valence-electron chi connectivity index (χ0n) is 21.9. The smallest absolute Gasteiger partial charge is 0.244 e. The van der Waals surface area contributed by atoms with E-state index in [4.69, 9.17) is 9.47 Å².